The summed E-state index contributed by atoms with van der Waals surface area (Å²) in [5.41, 5.74) is 1.79. The third-order valence-corrected chi connectivity index (χ3v) is 3.59. The number of hydrogen-bond acceptors (Lipinski definition) is 3. The molecule has 25 heavy (non-hydrogen) atoms. The molecule has 4 nitrogen and oxygen atoms in total. The van der Waals surface area contributed by atoms with Crippen LogP contribution in [-0.4, -0.2) is 15.9 Å². The summed E-state index contributed by atoms with van der Waals surface area (Å²) in [6.07, 6.45) is -3.48. The highest BCUT2D eigenvalue weighted by molar-refractivity contribution is 5.91. The Balaban J connectivity index is 2.10. The summed E-state index contributed by atoms with van der Waals surface area (Å²) in [6.45, 7) is 0. The molecule has 0 bridgehead atoms. The summed E-state index contributed by atoms with van der Waals surface area (Å²) in [5, 5.41) is 9.48. The lowest BCUT2D eigenvalue weighted by molar-refractivity contribution is -0.274. The van der Waals surface area contributed by atoms with Crippen LogP contribution >= 0.6 is 0 Å². The van der Waals surface area contributed by atoms with Crippen molar-refractivity contribution in [2.45, 2.75) is 6.36 Å². The minimum atomic E-state index is -4.81. The van der Waals surface area contributed by atoms with Gasteiger partial charge in [0.2, 0.25) is 0 Å². The molecule has 126 valence electrons. The number of halogens is 3. The highest BCUT2D eigenvalue weighted by Crippen LogP contribution is 2.29. The summed E-state index contributed by atoms with van der Waals surface area (Å²) in [5.74, 6) is -0.00738. The van der Waals surface area contributed by atoms with Crippen LogP contribution in [0.1, 0.15) is 11.4 Å². The van der Waals surface area contributed by atoms with E-state index < -0.39 is 6.36 Å². The number of rotatable bonds is 3. The fourth-order valence-corrected chi connectivity index (χ4v) is 2.51. The third-order valence-electron chi connectivity index (χ3n) is 3.59. The van der Waals surface area contributed by atoms with E-state index in [2.05, 4.69) is 9.72 Å². The standard InChI is InChI=1S/C18H12F3N3O/c1-24-15-8-4-3-7-14(15)23-17(24)13(11-22)10-12-6-2-5-9-16(12)25-18(19,20)21/h2-10H,1H3. The van der Waals surface area contributed by atoms with Crippen LogP contribution in [0.2, 0.25) is 0 Å². The van der Waals surface area contributed by atoms with Crippen LogP contribution in [0.25, 0.3) is 22.7 Å². The molecule has 0 saturated carbocycles. The maximum Gasteiger partial charge on any atom is 0.573 e. The molecule has 0 aliphatic carbocycles. The Kier molecular flexibility index (Phi) is 4.19. The number of ether oxygens (including phenoxy) is 1. The fraction of sp³-hybridized carbons (Fsp3) is 0.111. The smallest absolute Gasteiger partial charge is 0.405 e. The van der Waals surface area contributed by atoms with Crippen molar-refractivity contribution in [3.05, 3.63) is 59.9 Å². The van der Waals surface area contributed by atoms with Crippen molar-refractivity contribution in [3.8, 4) is 11.8 Å². The topological polar surface area (TPSA) is 50.8 Å². The second-order valence-corrected chi connectivity index (χ2v) is 5.24. The monoisotopic (exact) mass is 343 g/mol. The second-order valence-electron chi connectivity index (χ2n) is 5.24. The summed E-state index contributed by atoms with van der Waals surface area (Å²) in [7, 11) is 1.74. The van der Waals surface area contributed by atoms with Crippen molar-refractivity contribution in [1.29, 1.82) is 5.26 Å². The molecule has 7 heteroatoms. The van der Waals surface area contributed by atoms with Crippen LogP contribution < -0.4 is 4.74 Å². The van der Waals surface area contributed by atoms with Gasteiger partial charge in [0.1, 0.15) is 11.8 Å². The molecule has 2 aromatic carbocycles. The van der Waals surface area contributed by atoms with Crippen molar-refractivity contribution >= 4 is 22.7 Å². The lowest BCUT2D eigenvalue weighted by Gasteiger charge is -2.11. The van der Waals surface area contributed by atoms with E-state index in [0.717, 1.165) is 5.52 Å². The summed E-state index contributed by atoms with van der Waals surface area (Å²) in [6, 6.07) is 15.0. The van der Waals surface area contributed by atoms with Gasteiger partial charge in [-0.15, -0.1) is 13.2 Å². The molecule has 0 unspecified atom stereocenters. The first-order chi connectivity index (χ1) is 11.9. The van der Waals surface area contributed by atoms with Gasteiger partial charge < -0.3 is 9.30 Å². The van der Waals surface area contributed by atoms with Crippen LogP contribution in [0, 0.1) is 11.3 Å². The normalized spacial score (nSPS) is 12.2. The van der Waals surface area contributed by atoms with Gasteiger partial charge in [-0.2, -0.15) is 5.26 Å². The first-order valence-electron chi connectivity index (χ1n) is 7.27. The molecule has 0 radical (unpaired) electrons. The van der Waals surface area contributed by atoms with Crippen LogP contribution in [0.5, 0.6) is 5.75 Å². The summed E-state index contributed by atoms with van der Waals surface area (Å²) in [4.78, 5) is 4.39. The molecule has 3 rings (SSSR count). The maximum atomic E-state index is 12.5. The van der Waals surface area contributed by atoms with E-state index in [9.17, 15) is 18.4 Å². The minimum Gasteiger partial charge on any atom is -0.405 e. The van der Waals surface area contributed by atoms with Crippen molar-refractivity contribution in [2.75, 3.05) is 0 Å². The minimum absolute atomic E-state index is 0.136. The highest BCUT2D eigenvalue weighted by atomic mass is 19.4. The Bertz CT molecular complexity index is 997. The fourth-order valence-electron chi connectivity index (χ4n) is 2.51. The van der Waals surface area contributed by atoms with Crippen molar-refractivity contribution in [2.24, 2.45) is 7.05 Å². The molecule has 0 aliphatic heterocycles. The lowest BCUT2D eigenvalue weighted by atomic mass is 10.1. The first-order valence-corrected chi connectivity index (χ1v) is 7.27. The molecule has 1 heterocycles. The van der Waals surface area contributed by atoms with Gasteiger partial charge in [0.25, 0.3) is 0 Å². The van der Waals surface area contributed by atoms with Crippen LogP contribution in [0.3, 0.4) is 0 Å². The van der Waals surface area contributed by atoms with Gasteiger partial charge in [-0.1, -0.05) is 30.3 Å². The molecule has 0 aliphatic rings. The number of imidazole rings is 1. The van der Waals surface area contributed by atoms with E-state index in [4.69, 9.17) is 0 Å². The zero-order valence-corrected chi connectivity index (χ0v) is 13.1. The largest absolute Gasteiger partial charge is 0.573 e. The molecule has 0 spiro atoms. The zero-order chi connectivity index (χ0) is 18.0. The Hall–Kier alpha value is -3.27. The van der Waals surface area contributed by atoms with Gasteiger partial charge in [0, 0.05) is 12.6 Å². The van der Waals surface area contributed by atoms with E-state index in [1.165, 1.54) is 24.3 Å². The molecule has 0 N–H and O–H groups in total. The van der Waals surface area contributed by atoms with E-state index in [1.807, 2.05) is 24.3 Å². The molecule has 0 saturated heterocycles. The van der Waals surface area contributed by atoms with Crippen molar-refractivity contribution < 1.29 is 17.9 Å². The number of allylic oxidation sites excluding steroid dienone is 1. The highest BCUT2D eigenvalue weighted by Gasteiger charge is 2.31. The summed E-state index contributed by atoms with van der Waals surface area (Å²) < 4.78 is 43.4. The number of hydrogen-bond donors (Lipinski definition) is 0. The van der Waals surface area contributed by atoms with Crippen molar-refractivity contribution in [3.63, 3.8) is 0 Å². The number of alkyl halides is 3. The van der Waals surface area contributed by atoms with Gasteiger partial charge in [-0.05, 0) is 24.3 Å². The molecule has 0 atom stereocenters. The maximum absolute atomic E-state index is 12.5. The average Bonchev–Trinajstić information content (AvgIpc) is 2.90. The van der Waals surface area contributed by atoms with Crippen LogP contribution in [0.4, 0.5) is 13.2 Å². The number of nitriles is 1. The quantitative estimate of drug-likeness (QED) is 0.656. The number of para-hydroxylation sites is 3. The van der Waals surface area contributed by atoms with E-state index in [0.29, 0.717) is 11.3 Å². The van der Waals surface area contributed by atoms with Gasteiger partial charge in [0.15, 0.2) is 5.82 Å². The van der Waals surface area contributed by atoms with Crippen molar-refractivity contribution in [1.82, 2.24) is 9.55 Å². The van der Waals surface area contributed by atoms with E-state index in [1.54, 1.807) is 23.7 Å². The van der Waals surface area contributed by atoms with Gasteiger partial charge in [-0.3, -0.25) is 0 Å². The number of nitrogens with zero attached hydrogens (tertiary/aromatic N) is 3. The Labute approximate surface area is 141 Å². The van der Waals surface area contributed by atoms with Gasteiger partial charge >= 0.3 is 6.36 Å². The van der Waals surface area contributed by atoms with Gasteiger partial charge in [-0.25, -0.2) is 4.98 Å². The Morgan fingerprint density at radius 2 is 1.84 bits per heavy atom. The van der Waals surface area contributed by atoms with Gasteiger partial charge in [0.05, 0.1) is 16.6 Å². The Morgan fingerprint density at radius 1 is 1.16 bits per heavy atom. The Morgan fingerprint density at radius 3 is 2.52 bits per heavy atom. The molecular weight excluding hydrogens is 331 g/mol. The SMILES string of the molecule is Cn1c(C(C#N)=Cc2ccccc2OC(F)(F)F)nc2ccccc21. The molecule has 0 fully saturated rings. The number of fused-ring (bicyclic) bond motifs is 1. The third kappa shape index (κ3) is 3.48. The number of aryl methyl sites for hydroxylation is 1. The molecule has 1 aromatic heterocycles. The zero-order valence-electron chi connectivity index (χ0n) is 13.1. The number of benzene rings is 2. The number of aromatic nitrogens is 2. The van der Waals surface area contributed by atoms with E-state index in [-0.39, 0.29) is 16.9 Å². The predicted octanol–water partition coefficient (Wildman–Crippen LogP) is 4.54. The molecular formula is C18H12F3N3O. The first kappa shape index (κ1) is 16.6. The molecule has 0 amide bonds. The lowest BCUT2D eigenvalue weighted by Crippen LogP contribution is -2.17. The van der Waals surface area contributed by atoms with Crippen LogP contribution in [-0.2, 0) is 7.05 Å². The van der Waals surface area contributed by atoms with E-state index >= 15 is 0 Å². The predicted molar refractivity (Wildman–Crippen MR) is 87.3 cm³/mol. The average molecular weight is 343 g/mol. The second kappa shape index (κ2) is 6.32. The summed E-state index contributed by atoms with van der Waals surface area (Å²) >= 11 is 0. The van der Waals surface area contributed by atoms with Crippen LogP contribution in [0.15, 0.2) is 48.5 Å². The molecule has 3 aromatic rings.